The number of amides is 1. The van der Waals surface area contributed by atoms with Crippen LogP contribution in [0.2, 0.25) is 5.02 Å². The second-order valence-corrected chi connectivity index (χ2v) is 5.55. The number of anilines is 1. The molecule has 1 N–H and O–H groups in total. The van der Waals surface area contributed by atoms with E-state index in [1.165, 1.54) is 18.2 Å². The van der Waals surface area contributed by atoms with E-state index in [1.807, 2.05) is 0 Å². The van der Waals surface area contributed by atoms with Gasteiger partial charge in [-0.25, -0.2) is 0 Å². The number of benzene rings is 2. The predicted octanol–water partition coefficient (Wildman–Crippen LogP) is 5.27. The summed E-state index contributed by atoms with van der Waals surface area (Å²) in [5.41, 5.74) is -0.236. The first-order valence-electron chi connectivity index (χ1n) is 7.04. The fourth-order valence-corrected chi connectivity index (χ4v) is 2.23. The van der Waals surface area contributed by atoms with E-state index >= 15 is 0 Å². The summed E-state index contributed by atoms with van der Waals surface area (Å²) in [7, 11) is 0. The zero-order chi connectivity index (χ0) is 18.0. The van der Waals surface area contributed by atoms with Gasteiger partial charge in [0.1, 0.15) is 0 Å². The molecule has 0 fully saturated rings. The molecule has 1 amide bonds. The number of aromatic nitrogens is 1. The average molecular weight is 367 g/mol. The molecular formula is C17H10ClF3N2O2. The van der Waals surface area contributed by atoms with Crippen molar-refractivity contribution in [2.45, 2.75) is 6.18 Å². The van der Waals surface area contributed by atoms with Crippen molar-refractivity contribution in [2.24, 2.45) is 0 Å². The highest BCUT2D eigenvalue weighted by molar-refractivity contribution is 6.30. The number of halogens is 4. The SMILES string of the molecule is O=C(Nc1cccc(C(F)(F)F)c1)c1cc(-c2ccc(Cl)cc2)on1. The van der Waals surface area contributed by atoms with Crippen LogP contribution in [0, 0.1) is 0 Å². The number of hydrogen-bond donors (Lipinski definition) is 1. The molecule has 0 spiro atoms. The second-order valence-electron chi connectivity index (χ2n) is 5.12. The fraction of sp³-hybridized carbons (Fsp3) is 0.0588. The zero-order valence-electron chi connectivity index (χ0n) is 12.5. The molecule has 0 aliphatic rings. The predicted molar refractivity (Wildman–Crippen MR) is 86.3 cm³/mol. The summed E-state index contributed by atoms with van der Waals surface area (Å²) in [6.45, 7) is 0. The molecule has 0 radical (unpaired) electrons. The van der Waals surface area contributed by atoms with E-state index in [2.05, 4.69) is 10.5 Å². The highest BCUT2D eigenvalue weighted by Gasteiger charge is 2.30. The van der Waals surface area contributed by atoms with E-state index in [4.69, 9.17) is 16.1 Å². The van der Waals surface area contributed by atoms with Crippen molar-refractivity contribution in [1.82, 2.24) is 5.16 Å². The third kappa shape index (κ3) is 4.00. The molecule has 0 saturated carbocycles. The third-order valence-corrected chi connectivity index (χ3v) is 3.57. The van der Waals surface area contributed by atoms with Gasteiger partial charge in [0, 0.05) is 22.3 Å². The maximum absolute atomic E-state index is 12.7. The highest BCUT2D eigenvalue weighted by atomic mass is 35.5. The van der Waals surface area contributed by atoms with Crippen LogP contribution in [0.4, 0.5) is 18.9 Å². The smallest absolute Gasteiger partial charge is 0.355 e. The Labute approximate surface area is 145 Å². The molecule has 3 rings (SSSR count). The molecule has 3 aromatic rings. The van der Waals surface area contributed by atoms with Gasteiger partial charge < -0.3 is 9.84 Å². The van der Waals surface area contributed by atoms with Gasteiger partial charge in [-0.3, -0.25) is 4.79 Å². The molecule has 0 aliphatic heterocycles. The second kappa shape index (κ2) is 6.60. The Morgan fingerprint density at radius 1 is 1.08 bits per heavy atom. The minimum absolute atomic E-state index is 0.0101. The van der Waals surface area contributed by atoms with Crippen LogP contribution < -0.4 is 5.32 Å². The lowest BCUT2D eigenvalue weighted by atomic mass is 10.1. The van der Waals surface area contributed by atoms with Crippen molar-refractivity contribution in [3.8, 4) is 11.3 Å². The summed E-state index contributed by atoms with van der Waals surface area (Å²) in [5.74, 6) is -0.339. The first-order valence-corrected chi connectivity index (χ1v) is 7.42. The van der Waals surface area contributed by atoms with Crippen LogP contribution in [0.5, 0.6) is 0 Å². The topological polar surface area (TPSA) is 55.1 Å². The van der Waals surface area contributed by atoms with Crippen LogP contribution >= 0.6 is 11.6 Å². The lowest BCUT2D eigenvalue weighted by Crippen LogP contribution is -2.13. The van der Waals surface area contributed by atoms with Crippen LogP contribution in [0.1, 0.15) is 16.1 Å². The molecule has 1 aromatic heterocycles. The molecular weight excluding hydrogens is 357 g/mol. The lowest BCUT2D eigenvalue weighted by molar-refractivity contribution is -0.137. The van der Waals surface area contributed by atoms with Gasteiger partial charge in [-0.05, 0) is 42.5 Å². The lowest BCUT2D eigenvalue weighted by Gasteiger charge is -2.08. The van der Waals surface area contributed by atoms with Gasteiger partial charge >= 0.3 is 6.18 Å². The van der Waals surface area contributed by atoms with Gasteiger partial charge in [0.25, 0.3) is 5.91 Å². The molecule has 0 bridgehead atoms. The quantitative estimate of drug-likeness (QED) is 0.687. The molecule has 0 unspecified atom stereocenters. The number of nitrogens with zero attached hydrogens (tertiary/aromatic N) is 1. The number of alkyl halides is 3. The summed E-state index contributed by atoms with van der Waals surface area (Å²) < 4.78 is 43.2. The maximum Gasteiger partial charge on any atom is 0.416 e. The number of hydrogen-bond acceptors (Lipinski definition) is 3. The number of rotatable bonds is 3. The molecule has 0 saturated heterocycles. The molecule has 1 heterocycles. The van der Waals surface area contributed by atoms with E-state index in [0.717, 1.165) is 12.1 Å². The Hall–Kier alpha value is -2.80. The van der Waals surface area contributed by atoms with E-state index in [1.54, 1.807) is 24.3 Å². The van der Waals surface area contributed by atoms with Crippen LogP contribution in [-0.2, 0) is 6.18 Å². The van der Waals surface area contributed by atoms with Gasteiger partial charge in [0.05, 0.1) is 5.56 Å². The van der Waals surface area contributed by atoms with Gasteiger partial charge in [0.15, 0.2) is 11.5 Å². The van der Waals surface area contributed by atoms with E-state index in [-0.39, 0.29) is 11.4 Å². The average Bonchev–Trinajstić information content (AvgIpc) is 3.05. The summed E-state index contributed by atoms with van der Waals surface area (Å²) >= 11 is 5.80. The number of carbonyl (C=O) groups is 1. The summed E-state index contributed by atoms with van der Waals surface area (Å²) in [6.07, 6.45) is -4.49. The molecule has 4 nitrogen and oxygen atoms in total. The minimum atomic E-state index is -4.49. The molecule has 2 aromatic carbocycles. The van der Waals surface area contributed by atoms with Crippen LogP contribution in [0.15, 0.2) is 59.1 Å². The van der Waals surface area contributed by atoms with Gasteiger partial charge in [-0.1, -0.05) is 22.8 Å². The molecule has 8 heteroatoms. The maximum atomic E-state index is 12.7. The standard InChI is InChI=1S/C17H10ClF3N2O2/c18-12-6-4-10(5-7-12)15-9-14(23-25-15)16(24)22-13-3-1-2-11(8-13)17(19,20)21/h1-9H,(H,22,24). The summed E-state index contributed by atoms with van der Waals surface area (Å²) in [5, 5.41) is 6.55. The normalized spacial score (nSPS) is 11.4. The third-order valence-electron chi connectivity index (χ3n) is 3.32. The van der Waals surface area contributed by atoms with Crippen molar-refractivity contribution >= 4 is 23.2 Å². The van der Waals surface area contributed by atoms with Crippen molar-refractivity contribution < 1.29 is 22.5 Å². The van der Waals surface area contributed by atoms with Crippen LogP contribution in [-0.4, -0.2) is 11.1 Å². The van der Waals surface area contributed by atoms with Crippen molar-refractivity contribution in [1.29, 1.82) is 0 Å². The van der Waals surface area contributed by atoms with Crippen LogP contribution in [0.25, 0.3) is 11.3 Å². The zero-order valence-corrected chi connectivity index (χ0v) is 13.2. The van der Waals surface area contributed by atoms with Crippen molar-refractivity contribution in [2.75, 3.05) is 5.32 Å². The first kappa shape index (κ1) is 17.0. The summed E-state index contributed by atoms with van der Waals surface area (Å²) in [6, 6.07) is 12.4. The largest absolute Gasteiger partial charge is 0.416 e. The Morgan fingerprint density at radius 2 is 1.80 bits per heavy atom. The van der Waals surface area contributed by atoms with E-state index < -0.39 is 17.6 Å². The van der Waals surface area contributed by atoms with E-state index in [9.17, 15) is 18.0 Å². The molecule has 0 atom stereocenters. The van der Waals surface area contributed by atoms with E-state index in [0.29, 0.717) is 16.3 Å². The van der Waals surface area contributed by atoms with Gasteiger partial charge in [0.2, 0.25) is 0 Å². The van der Waals surface area contributed by atoms with Crippen molar-refractivity contribution in [3.63, 3.8) is 0 Å². The Morgan fingerprint density at radius 3 is 2.48 bits per heavy atom. The fourth-order valence-electron chi connectivity index (χ4n) is 2.10. The Balaban J connectivity index is 1.77. The number of nitrogens with one attached hydrogen (secondary N) is 1. The number of carbonyl (C=O) groups excluding carboxylic acids is 1. The Bertz CT molecular complexity index is 905. The highest BCUT2D eigenvalue weighted by Crippen LogP contribution is 2.31. The molecule has 25 heavy (non-hydrogen) atoms. The molecule has 128 valence electrons. The monoisotopic (exact) mass is 366 g/mol. The minimum Gasteiger partial charge on any atom is -0.355 e. The Kier molecular flexibility index (Phi) is 4.50. The van der Waals surface area contributed by atoms with Gasteiger partial charge in [-0.2, -0.15) is 13.2 Å². The van der Waals surface area contributed by atoms with Crippen molar-refractivity contribution in [3.05, 3.63) is 70.9 Å². The summed E-state index contributed by atoms with van der Waals surface area (Å²) in [4.78, 5) is 12.1. The first-order chi connectivity index (χ1) is 11.8. The molecule has 0 aliphatic carbocycles. The van der Waals surface area contributed by atoms with Crippen LogP contribution in [0.3, 0.4) is 0 Å². The van der Waals surface area contributed by atoms with Gasteiger partial charge in [-0.15, -0.1) is 0 Å².